The van der Waals surface area contributed by atoms with Crippen molar-refractivity contribution in [3.05, 3.63) is 54.6 Å². The summed E-state index contributed by atoms with van der Waals surface area (Å²) in [6, 6.07) is 15.0. The van der Waals surface area contributed by atoms with Gasteiger partial charge < -0.3 is 0 Å². The first kappa shape index (κ1) is 16.2. The van der Waals surface area contributed by atoms with Gasteiger partial charge in [0.05, 0.1) is 15.5 Å². The first-order valence-electron chi connectivity index (χ1n) is 7.11. The molecule has 116 valence electrons. The molecule has 0 spiro atoms. The van der Waals surface area contributed by atoms with Crippen LogP contribution in [0, 0.1) is 5.92 Å². The first-order valence-corrected chi connectivity index (χ1v) is 8.60. The van der Waals surface area contributed by atoms with Gasteiger partial charge in [0.15, 0.2) is 0 Å². The fraction of sp³-hybridized carbons (Fsp3) is 0.235. The Hall–Kier alpha value is -2.14. The van der Waals surface area contributed by atoms with Crippen LogP contribution < -0.4 is 5.43 Å². The maximum atomic E-state index is 12.5. The summed E-state index contributed by atoms with van der Waals surface area (Å²) >= 11 is 0. The van der Waals surface area contributed by atoms with Gasteiger partial charge in [0.25, 0.3) is 0 Å². The average molecular weight is 316 g/mol. The molecule has 0 saturated carbocycles. The molecule has 0 heterocycles. The van der Waals surface area contributed by atoms with Crippen molar-refractivity contribution in [1.82, 2.24) is 0 Å². The van der Waals surface area contributed by atoms with Crippen molar-refractivity contribution in [1.29, 1.82) is 0 Å². The molecule has 0 saturated heterocycles. The number of rotatable bonds is 5. The van der Waals surface area contributed by atoms with E-state index in [0.29, 0.717) is 10.8 Å². The van der Waals surface area contributed by atoms with Crippen LogP contribution in [0.1, 0.15) is 20.8 Å². The average Bonchev–Trinajstić information content (AvgIpc) is 2.53. The zero-order valence-electron chi connectivity index (χ0n) is 12.9. The highest BCUT2D eigenvalue weighted by atomic mass is 32.2. The van der Waals surface area contributed by atoms with E-state index < -0.39 is 9.84 Å². The van der Waals surface area contributed by atoms with Crippen molar-refractivity contribution >= 4 is 21.2 Å². The smallest absolute Gasteiger partial charge is 0.206 e. The number of sulfone groups is 1. The standard InChI is InChI=1S/C17H20N2O2S/c1-13(2)14(3)18-19-15-9-11-17(12-10-15)22(20,21)16-7-5-4-6-8-16/h4-13,19H,1-3H3/b18-14-. The maximum Gasteiger partial charge on any atom is 0.206 e. The second-order valence-corrected chi connectivity index (χ2v) is 7.31. The van der Waals surface area contributed by atoms with E-state index in [1.165, 1.54) is 0 Å². The fourth-order valence-electron chi connectivity index (χ4n) is 1.73. The summed E-state index contributed by atoms with van der Waals surface area (Å²) in [5.41, 5.74) is 4.68. The lowest BCUT2D eigenvalue weighted by Gasteiger charge is -2.07. The van der Waals surface area contributed by atoms with Gasteiger partial charge in [0, 0.05) is 5.71 Å². The van der Waals surface area contributed by atoms with Crippen molar-refractivity contribution in [2.45, 2.75) is 30.6 Å². The number of hydrazone groups is 1. The minimum absolute atomic E-state index is 0.272. The molecule has 4 nitrogen and oxygen atoms in total. The van der Waals surface area contributed by atoms with E-state index in [4.69, 9.17) is 0 Å². The van der Waals surface area contributed by atoms with Crippen molar-refractivity contribution < 1.29 is 8.42 Å². The second kappa shape index (κ2) is 6.75. The molecule has 1 N–H and O–H groups in total. The van der Waals surface area contributed by atoms with Crippen LogP contribution in [0.2, 0.25) is 0 Å². The number of anilines is 1. The Labute approximate surface area is 131 Å². The third kappa shape index (κ3) is 3.74. The minimum Gasteiger partial charge on any atom is -0.279 e. The van der Waals surface area contributed by atoms with E-state index in [9.17, 15) is 8.42 Å². The van der Waals surface area contributed by atoms with Gasteiger partial charge in [0.2, 0.25) is 9.84 Å². The van der Waals surface area contributed by atoms with Gasteiger partial charge >= 0.3 is 0 Å². The third-order valence-corrected chi connectivity index (χ3v) is 5.20. The molecular weight excluding hydrogens is 296 g/mol. The Balaban J connectivity index is 2.21. The highest BCUT2D eigenvalue weighted by Crippen LogP contribution is 2.22. The molecule has 0 radical (unpaired) electrons. The summed E-state index contributed by atoms with van der Waals surface area (Å²) in [5, 5.41) is 4.26. The van der Waals surface area contributed by atoms with Crippen molar-refractivity contribution in [2.24, 2.45) is 11.0 Å². The summed E-state index contributed by atoms with van der Waals surface area (Å²) in [6.45, 7) is 6.08. The first-order chi connectivity index (χ1) is 10.4. The van der Waals surface area contributed by atoms with E-state index in [0.717, 1.165) is 11.4 Å². The Morgan fingerprint density at radius 3 is 2.05 bits per heavy atom. The van der Waals surface area contributed by atoms with Gasteiger partial charge in [-0.25, -0.2) is 8.42 Å². The van der Waals surface area contributed by atoms with Gasteiger partial charge in [-0.15, -0.1) is 0 Å². The van der Waals surface area contributed by atoms with Crippen molar-refractivity contribution in [3.8, 4) is 0 Å². The van der Waals surface area contributed by atoms with Gasteiger partial charge in [0.1, 0.15) is 0 Å². The Kier molecular flexibility index (Phi) is 4.98. The third-order valence-electron chi connectivity index (χ3n) is 3.42. The van der Waals surface area contributed by atoms with Crippen LogP contribution in [0.25, 0.3) is 0 Å². The van der Waals surface area contributed by atoms with Gasteiger partial charge in [-0.3, -0.25) is 5.43 Å². The molecule has 2 aromatic rings. The molecule has 0 amide bonds. The van der Waals surface area contributed by atoms with Crippen LogP contribution in [0.4, 0.5) is 5.69 Å². The molecular formula is C17H20N2O2S. The van der Waals surface area contributed by atoms with Crippen LogP contribution in [0.15, 0.2) is 69.5 Å². The zero-order chi connectivity index (χ0) is 16.2. The molecule has 2 aromatic carbocycles. The molecule has 0 aromatic heterocycles. The molecule has 0 bridgehead atoms. The number of nitrogens with zero attached hydrogens (tertiary/aromatic N) is 1. The molecule has 2 rings (SSSR count). The Bertz CT molecular complexity index is 749. The molecule has 0 aliphatic carbocycles. The zero-order valence-corrected chi connectivity index (χ0v) is 13.8. The lowest BCUT2D eigenvalue weighted by Crippen LogP contribution is -2.05. The Morgan fingerprint density at radius 2 is 1.50 bits per heavy atom. The van der Waals surface area contributed by atoms with Gasteiger partial charge in [-0.05, 0) is 49.2 Å². The van der Waals surface area contributed by atoms with E-state index in [1.807, 2.05) is 6.92 Å². The van der Waals surface area contributed by atoms with Crippen LogP contribution >= 0.6 is 0 Å². The van der Waals surface area contributed by atoms with Crippen LogP contribution in [0.3, 0.4) is 0 Å². The second-order valence-electron chi connectivity index (χ2n) is 5.36. The normalized spacial score (nSPS) is 12.5. The van der Waals surface area contributed by atoms with Crippen LogP contribution in [-0.2, 0) is 9.84 Å². The topological polar surface area (TPSA) is 58.5 Å². The van der Waals surface area contributed by atoms with E-state index in [-0.39, 0.29) is 4.90 Å². The van der Waals surface area contributed by atoms with E-state index >= 15 is 0 Å². The molecule has 0 atom stereocenters. The monoisotopic (exact) mass is 316 g/mol. The van der Waals surface area contributed by atoms with E-state index in [2.05, 4.69) is 24.4 Å². The summed E-state index contributed by atoms with van der Waals surface area (Å²) in [7, 11) is -3.46. The SMILES string of the molecule is C/C(=N/Nc1ccc(S(=O)(=O)c2ccccc2)cc1)C(C)C. The number of nitrogens with one attached hydrogen (secondary N) is 1. The van der Waals surface area contributed by atoms with Crippen LogP contribution in [0.5, 0.6) is 0 Å². The molecule has 0 aliphatic rings. The highest BCUT2D eigenvalue weighted by molar-refractivity contribution is 7.91. The summed E-state index contributed by atoms with van der Waals surface area (Å²) < 4.78 is 24.9. The molecule has 0 fully saturated rings. The maximum absolute atomic E-state index is 12.5. The largest absolute Gasteiger partial charge is 0.279 e. The lowest BCUT2D eigenvalue weighted by atomic mass is 10.1. The fourth-order valence-corrected chi connectivity index (χ4v) is 3.01. The van der Waals surface area contributed by atoms with Crippen molar-refractivity contribution in [2.75, 3.05) is 5.43 Å². The van der Waals surface area contributed by atoms with E-state index in [1.54, 1.807) is 54.6 Å². The molecule has 5 heteroatoms. The predicted molar refractivity (Wildman–Crippen MR) is 89.9 cm³/mol. The minimum atomic E-state index is -3.46. The van der Waals surface area contributed by atoms with Crippen molar-refractivity contribution in [3.63, 3.8) is 0 Å². The summed E-state index contributed by atoms with van der Waals surface area (Å²) in [5.74, 6) is 0.366. The number of hydrogen-bond acceptors (Lipinski definition) is 4. The van der Waals surface area contributed by atoms with Gasteiger partial charge in [-0.2, -0.15) is 5.10 Å². The summed E-state index contributed by atoms with van der Waals surface area (Å²) in [4.78, 5) is 0.568. The van der Waals surface area contributed by atoms with Gasteiger partial charge in [-0.1, -0.05) is 32.0 Å². The lowest BCUT2D eigenvalue weighted by molar-refractivity contribution is 0.596. The number of hydrogen-bond donors (Lipinski definition) is 1. The van der Waals surface area contributed by atoms with Crippen LogP contribution in [-0.4, -0.2) is 14.1 Å². The molecule has 22 heavy (non-hydrogen) atoms. The summed E-state index contributed by atoms with van der Waals surface area (Å²) in [6.07, 6.45) is 0. The Morgan fingerprint density at radius 1 is 0.955 bits per heavy atom. The molecule has 0 aliphatic heterocycles. The predicted octanol–water partition coefficient (Wildman–Crippen LogP) is 3.96. The highest BCUT2D eigenvalue weighted by Gasteiger charge is 2.16. The molecule has 0 unspecified atom stereocenters. The quantitative estimate of drug-likeness (QED) is 0.671. The number of benzene rings is 2.